The fourth-order valence-corrected chi connectivity index (χ4v) is 5.62. The maximum absolute atomic E-state index is 12.9. The molecule has 0 saturated heterocycles. The summed E-state index contributed by atoms with van der Waals surface area (Å²) in [4.78, 5) is 59.1. The van der Waals surface area contributed by atoms with Crippen molar-refractivity contribution < 1.29 is 63.8 Å². The number of aromatic carboxylic acids is 4. The first-order chi connectivity index (χ1) is 27.4. The number of ether oxygens (including phenoxy) is 3. The lowest BCUT2D eigenvalue weighted by molar-refractivity contribution is 0.0677. The van der Waals surface area contributed by atoms with E-state index in [0.29, 0.717) is 45.7 Å². The molecule has 0 saturated carbocycles. The molecule has 0 fully saturated rings. The number of rotatable bonds is 15. The molecule has 1 amide bonds. The third kappa shape index (κ3) is 9.39. The lowest BCUT2D eigenvalue weighted by Crippen LogP contribution is -2.21. The van der Waals surface area contributed by atoms with Gasteiger partial charge in [-0.05, 0) is 120 Å². The van der Waals surface area contributed by atoms with E-state index >= 15 is 0 Å². The minimum atomic E-state index is -1.38. The number of nitrogens with one attached hydrogen (secondary N) is 2. The van der Waals surface area contributed by atoms with Crippen molar-refractivity contribution >= 4 is 35.5 Å². The number of carboxylic acids is 4. The van der Waals surface area contributed by atoms with E-state index in [4.69, 9.17) is 14.2 Å². The van der Waals surface area contributed by atoms with Crippen molar-refractivity contribution in [3.63, 3.8) is 0 Å². The van der Waals surface area contributed by atoms with Crippen molar-refractivity contribution in [2.45, 2.75) is 6.04 Å². The highest BCUT2D eigenvalue weighted by molar-refractivity contribution is 6.11. The zero-order chi connectivity index (χ0) is 40.6. The summed E-state index contributed by atoms with van der Waals surface area (Å²) < 4.78 is 17.9. The van der Waals surface area contributed by atoms with Gasteiger partial charge in [0.2, 0.25) is 0 Å². The van der Waals surface area contributed by atoms with Crippen LogP contribution in [0, 0.1) is 0 Å². The summed E-state index contributed by atoms with van der Waals surface area (Å²) in [6, 6.07) is 31.9. The average Bonchev–Trinajstić information content (AvgIpc) is 3.20. The van der Waals surface area contributed by atoms with Gasteiger partial charge in [-0.2, -0.15) is 5.48 Å². The molecule has 15 nitrogen and oxygen atoms in total. The van der Waals surface area contributed by atoms with Gasteiger partial charge in [-0.1, -0.05) is 18.2 Å². The standard InChI is InChI=1S/C42H30N2O13/c45-38(36-21-25(40(48)49)7-19-34(36)42(52)53)43-26-8-12-28(13-9-26)56-31-2-1-3-32(22-31)57-30-16-14-29(15-17-30)55-27-10-4-23(5-11-27)37(44-54)35-20-24(39(46)47)6-18-33(35)41(50)51/h1-22,37,44,54H,(H,43,45)(H,46,47)(H,48,49)(H,50,51)(H,52,53). The fourth-order valence-electron chi connectivity index (χ4n) is 5.62. The van der Waals surface area contributed by atoms with Crippen molar-refractivity contribution in [2.75, 3.05) is 5.32 Å². The second-order valence-corrected chi connectivity index (χ2v) is 12.1. The van der Waals surface area contributed by atoms with Crippen molar-refractivity contribution in [1.29, 1.82) is 0 Å². The van der Waals surface area contributed by atoms with E-state index in [1.165, 1.54) is 30.3 Å². The number of hydroxylamine groups is 1. The SMILES string of the molecule is O=C(O)c1ccc(C(=O)O)c(C(=O)Nc2ccc(Oc3cccc(Oc4ccc(Oc5ccc(C(NO)c6cc(C(=O)O)ccc6C(=O)O)cc5)cc4)c3)cc2)c1. The Bertz CT molecular complexity index is 2480. The second-order valence-electron chi connectivity index (χ2n) is 12.1. The van der Waals surface area contributed by atoms with Crippen molar-refractivity contribution in [2.24, 2.45) is 0 Å². The van der Waals surface area contributed by atoms with Crippen molar-refractivity contribution in [1.82, 2.24) is 5.48 Å². The molecule has 286 valence electrons. The number of amides is 1. The molecule has 1 atom stereocenters. The van der Waals surface area contributed by atoms with Gasteiger partial charge in [0.1, 0.15) is 34.5 Å². The predicted molar refractivity (Wildman–Crippen MR) is 201 cm³/mol. The first-order valence-electron chi connectivity index (χ1n) is 16.7. The Hall–Kier alpha value is -8.01. The Morgan fingerprint density at radius 3 is 1.40 bits per heavy atom. The van der Waals surface area contributed by atoms with Crippen molar-refractivity contribution in [3.05, 3.63) is 172 Å². The predicted octanol–water partition coefficient (Wildman–Crippen LogP) is 8.18. The van der Waals surface area contributed by atoms with Crippen LogP contribution in [0.3, 0.4) is 0 Å². The van der Waals surface area contributed by atoms with Gasteiger partial charge < -0.3 is 45.2 Å². The Kier molecular flexibility index (Phi) is 11.5. The number of hydrogen-bond donors (Lipinski definition) is 7. The average molecular weight is 771 g/mol. The van der Waals surface area contributed by atoms with E-state index in [9.17, 15) is 49.6 Å². The van der Waals surface area contributed by atoms with Crippen LogP contribution in [0.5, 0.6) is 34.5 Å². The van der Waals surface area contributed by atoms with Crippen LogP contribution in [0.25, 0.3) is 0 Å². The molecule has 57 heavy (non-hydrogen) atoms. The van der Waals surface area contributed by atoms with E-state index in [0.717, 1.165) is 18.2 Å². The third-order valence-electron chi connectivity index (χ3n) is 8.37. The van der Waals surface area contributed by atoms with Gasteiger partial charge >= 0.3 is 23.9 Å². The molecular weight excluding hydrogens is 740 g/mol. The molecule has 6 rings (SSSR count). The molecule has 1 unspecified atom stereocenters. The molecule has 7 N–H and O–H groups in total. The van der Waals surface area contributed by atoms with Crippen LogP contribution in [-0.4, -0.2) is 55.4 Å². The topological polar surface area (TPSA) is 238 Å². The summed E-state index contributed by atoms with van der Waals surface area (Å²) in [6.45, 7) is 0. The van der Waals surface area contributed by atoms with Crippen LogP contribution in [0.2, 0.25) is 0 Å². The highest BCUT2D eigenvalue weighted by atomic mass is 16.5. The first-order valence-corrected chi connectivity index (χ1v) is 16.7. The molecule has 0 spiro atoms. The molecule has 0 aliphatic carbocycles. The van der Waals surface area contributed by atoms with E-state index in [2.05, 4.69) is 10.8 Å². The van der Waals surface area contributed by atoms with Gasteiger partial charge in [-0.15, -0.1) is 0 Å². The van der Waals surface area contributed by atoms with Crippen LogP contribution in [0.4, 0.5) is 5.69 Å². The normalized spacial score (nSPS) is 11.2. The molecule has 6 aromatic rings. The molecule has 6 aromatic carbocycles. The molecule has 0 aromatic heterocycles. The molecule has 0 radical (unpaired) electrons. The minimum Gasteiger partial charge on any atom is -0.478 e. The minimum absolute atomic E-state index is 0.0628. The van der Waals surface area contributed by atoms with Gasteiger partial charge in [0.05, 0.1) is 33.9 Å². The van der Waals surface area contributed by atoms with Crippen LogP contribution >= 0.6 is 0 Å². The molecule has 0 bridgehead atoms. The molecule has 15 heteroatoms. The quantitative estimate of drug-likeness (QED) is 0.0488. The summed E-state index contributed by atoms with van der Waals surface area (Å²) in [7, 11) is 0. The van der Waals surface area contributed by atoms with Gasteiger partial charge in [0.25, 0.3) is 5.91 Å². The van der Waals surface area contributed by atoms with Crippen LogP contribution in [0.15, 0.2) is 133 Å². The number of anilines is 1. The Balaban J connectivity index is 1.06. The lowest BCUT2D eigenvalue weighted by Gasteiger charge is -2.19. The molecule has 0 aliphatic rings. The monoisotopic (exact) mass is 770 g/mol. The fraction of sp³-hybridized carbons (Fsp3) is 0.0238. The number of hydrogen-bond acceptors (Lipinski definition) is 10. The van der Waals surface area contributed by atoms with Gasteiger partial charge in [0, 0.05) is 11.8 Å². The van der Waals surface area contributed by atoms with Gasteiger partial charge in [0.15, 0.2) is 0 Å². The van der Waals surface area contributed by atoms with Crippen molar-refractivity contribution in [3.8, 4) is 34.5 Å². The van der Waals surface area contributed by atoms with Gasteiger partial charge in [-0.25, -0.2) is 19.2 Å². The zero-order valence-corrected chi connectivity index (χ0v) is 29.3. The van der Waals surface area contributed by atoms with E-state index < -0.39 is 35.8 Å². The van der Waals surface area contributed by atoms with Crippen LogP contribution < -0.4 is 25.0 Å². The Morgan fingerprint density at radius 2 is 0.912 bits per heavy atom. The summed E-state index contributed by atoms with van der Waals surface area (Å²) in [5, 5.41) is 50.2. The highest BCUT2D eigenvalue weighted by Crippen LogP contribution is 2.32. The lowest BCUT2D eigenvalue weighted by atomic mass is 9.93. The maximum atomic E-state index is 12.9. The number of benzene rings is 6. The molecular formula is C42H30N2O13. The van der Waals surface area contributed by atoms with E-state index in [1.54, 1.807) is 84.9 Å². The van der Waals surface area contributed by atoms with E-state index in [-0.39, 0.29) is 33.4 Å². The second kappa shape index (κ2) is 17.0. The van der Waals surface area contributed by atoms with Crippen LogP contribution in [0.1, 0.15) is 69.0 Å². The Labute approximate surface area is 322 Å². The van der Waals surface area contributed by atoms with E-state index in [1.807, 2.05) is 0 Å². The maximum Gasteiger partial charge on any atom is 0.336 e. The third-order valence-corrected chi connectivity index (χ3v) is 8.37. The molecule has 0 aliphatic heterocycles. The summed E-state index contributed by atoms with van der Waals surface area (Å²) >= 11 is 0. The number of carboxylic acid groups (broad SMARTS) is 4. The summed E-state index contributed by atoms with van der Waals surface area (Å²) in [6.07, 6.45) is 0. The van der Waals surface area contributed by atoms with Gasteiger partial charge in [-0.3, -0.25) is 4.79 Å². The summed E-state index contributed by atoms with van der Waals surface area (Å²) in [5.74, 6) is -3.29. The zero-order valence-electron chi connectivity index (χ0n) is 29.3. The Morgan fingerprint density at radius 1 is 0.456 bits per heavy atom. The first kappa shape index (κ1) is 38.7. The number of carbonyl (C=O) groups excluding carboxylic acids is 1. The highest BCUT2D eigenvalue weighted by Gasteiger charge is 2.23. The molecule has 0 heterocycles. The summed E-state index contributed by atoms with van der Waals surface area (Å²) in [5.41, 5.74) is 1.71. The smallest absolute Gasteiger partial charge is 0.336 e. The largest absolute Gasteiger partial charge is 0.478 e. The number of carbonyl (C=O) groups is 5. The van der Waals surface area contributed by atoms with Crippen LogP contribution in [-0.2, 0) is 0 Å².